The molecule has 154 valence electrons. The van der Waals surface area contributed by atoms with E-state index >= 15 is 0 Å². The second kappa shape index (κ2) is 7.98. The third-order valence-electron chi connectivity index (χ3n) is 4.50. The molecule has 3 aromatic rings. The largest absolute Gasteiger partial charge is 0.332 e. The van der Waals surface area contributed by atoms with E-state index in [0.29, 0.717) is 35.2 Å². The molecule has 0 N–H and O–H groups in total. The molecule has 0 aliphatic carbocycles. The lowest BCUT2D eigenvalue weighted by Gasteiger charge is -2.18. The molecule has 0 aliphatic heterocycles. The van der Waals surface area contributed by atoms with Crippen molar-refractivity contribution >= 4 is 42.8 Å². The summed E-state index contributed by atoms with van der Waals surface area (Å²) < 4.78 is 62.0. The first-order chi connectivity index (χ1) is 13.6. The van der Waals surface area contributed by atoms with Gasteiger partial charge in [0.05, 0.1) is 26.0 Å². The molecule has 0 aliphatic rings. The molecule has 0 fully saturated rings. The van der Waals surface area contributed by atoms with Gasteiger partial charge >= 0.3 is 10.2 Å². The van der Waals surface area contributed by atoms with Crippen molar-refractivity contribution in [3.63, 3.8) is 0 Å². The van der Waals surface area contributed by atoms with Crippen LogP contribution in [0.2, 0.25) is 5.02 Å². The third kappa shape index (κ3) is 4.28. The number of sulfonamides is 1. The molecular formula is C19H18ClFN2O4S2. The Morgan fingerprint density at radius 1 is 0.931 bits per heavy atom. The maximum atomic E-state index is 13.2. The third-order valence-corrected chi connectivity index (χ3v) is 7.70. The smallest absolute Gasteiger partial charge is 0.248 e. The summed E-state index contributed by atoms with van der Waals surface area (Å²) in [5.74, 6) is 0. The highest BCUT2D eigenvalue weighted by molar-refractivity contribution is 7.89. The van der Waals surface area contributed by atoms with Crippen LogP contribution >= 0.6 is 11.6 Å². The van der Waals surface area contributed by atoms with Crippen LogP contribution in [0.1, 0.15) is 13.8 Å². The summed E-state index contributed by atoms with van der Waals surface area (Å²) in [6.07, 6.45) is 0. The van der Waals surface area contributed by atoms with Crippen molar-refractivity contribution in [3.05, 3.63) is 53.6 Å². The molecule has 0 amide bonds. The van der Waals surface area contributed by atoms with Crippen molar-refractivity contribution in [3.8, 4) is 11.3 Å². The van der Waals surface area contributed by atoms with Gasteiger partial charge in [0.25, 0.3) is 0 Å². The van der Waals surface area contributed by atoms with Gasteiger partial charge in [0.1, 0.15) is 0 Å². The van der Waals surface area contributed by atoms with E-state index in [1.165, 1.54) is 28.6 Å². The normalized spacial score (nSPS) is 12.6. The van der Waals surface area contributed by atoms with Gasteiger partial charge in [-0.3, -0.25) is 0 Å². The van der Waals surface area contributed by atoms with Crippen LogP contribution < -0.4 is 0 Å². The zero-order valence-electron chi connectivity index (χ0n) is 15.6. The van der Waals surface area contributed by atoms with Gasteiger partial charge in [-0.05, 0) is 36.4 Å². The van der Waals surface area contributed by atoms with E-state index in [9.17, 15) is 20.7 Å². The number of aromatic nitrogens is 1. The van der Waals surface area contributed by atoms with Crippen LogP contribution in [0.4, 0.5) is 3.89 Å². The summed E-state index contributed by atoms with van der Waals surface area (Å²) in [4.78, 5) is 4.11. The Morgan fingerprint density at radius 2 is 1.52 bits per heavy atom. The van der Waals surface area contributed by atoms with Gasteiger partial charge in [-0.1, -0.05) is 37.6 Å². The number of pyridine rings is 1. The van der Waals surface area contributed by atoms with Crippen LogP contribution in [0.3, 0.4) is 0 Å². The lowest BCUT2D eigenvalue weighted by Crippen LogP contribution is -2.30. The topological polar surface area (TPSA) is 84.4 Å². The molecule has 0 saturated carbocycles. The monoisotopic (exact) mass is 456 g/mol. The van der Waals surface area contributed by atoms with E-state index < -0.39 is 25.1 Å². The first-order valence-corrected chi connectivity index (χ1v) is 11.9. The van der Waals surface area contributed by atoms with Crippen LogP contribution in [-0.4, -0.2) is 39.2 Å². The van der Waals surface area contributed by atoms with Gasteiger partial charge in [0.15, 0.2) is 0 Å². The molecule has 1 heterocycles. The van der Waals surface area contributed by atoms with E-state index in [2.05, 4.69) is 4.98 Å². The van der Waals surface area contributed by atoms with Gasteiger partial charge in [-0.2, -0.15) is 12.7 Å². The summed E-state index contributed by atoms with van der Waals surface area (Å²) in [5, 5.41) is 0.505. The number of hydrogen-bond acceptors (Lipinski definition) is 5. The van der Waals surface area contributed by atoms with Crippen molar-refractivity contribution in [1.29, 1.82) is 0 Å². The van der Waals surface area contributed by atoms with Crippen LogP contribution in [0.25, 0.3) is 22.2 Å². The molecule has 0 bridgehead atoms. The predicted octanol–water partition coefficient (Wildman–Crippen LogP) is 4.24. The predicted molar refractivity (Wildman–Crippen MR) is 111 cm³/mol. The summed E-state index contributed by atoms with van der Waals surface area (Å²) in [6, 6.07) is 11.4. The van der Waals surface area contributed by atoms with Crippen molar-refractivity contribution in [2.24, 2.45) is 0 Å². The van der Waals surface area contributed by atoms with Crippen molar-refractivity contribution in [1.82, 2.24) is 9.29 Å². The van der Waals surface area contributed by atoms with Crippen LogP contribution in [-0.2, 0) is 20.2 Å². The van der Waals surface area contributed by atoms with Gasteiger partial charge in [-0.15, -0.1) is 3.89 Å². The maximum absolute atomic E-state index is 13.2. The number of hydrogen-bond donors (Lipinski definition) is 0. The molecule has 6 nitrogen and oxygen atoms in total. The van der Waals surface area contributed by atoms with Gasteiger partial charge in [0.2, 0.25) is 10.0 Å². The average molecular weight is 457 g/mol. The lowest BCUT2D eigenvalue weighted by molar-refractivity contribution is 0.445. The first kappa shape index (κ1) is 21.6. The highest BCUT2D eigenvalue weighted by atomic mass is 35.5. The SMILES string of the molecule is CCN(CC)S(=O)(=O)c1ccc(-c2cc(Cl)c3cc(S(=O)(=O)F)ccc3n2)cc1. The summed E-state index contributed by atoms with van der Waals surface area (Å²) in [6.45, 7) is 4.30. The quantitative estimate of drug-likeness (QED) is 0.518. The molecule has 3 rings (SSSR count). The molecule has 2 aromatic carbocycles. The molecule has 0 saturated heterocycles. The average Bonchev–Trinajstić information content (AvgIpc) is 2.67. The molecule has 0 spiro atoms. The standard InChI is InChI=1S/C19H18ClFN2O4S2/c1-3-23(4-2)29(26,27)14-7-5-13(6-8-14)19-12-17(20)16-11-15(28(21,24)25)9-10-18(16)22-19/h5-12H,3-4H2,1-2H3. The van der Waals surface area contributed by atoms with Crippen LogP contribution in [0.15, 0.2) is 58.3 Å². The Morgan fingerprint density at radius 3 is 2.07 bits per heavy atom. The second-order valence-corrected chi connectivity index (χ2v) is 9.91. The van der Waals surface area contributed by atoms with E-state index in [4.69, 9.17) is 11.6 Å². The minimum absolute atomic E-state index is 0.176. The first-order valence-electron chi connectivity index (χ1n) is 8.73. The Hall–Kier alpha value is -2.07. The number of fused-ring (bicyclic) bond motifs is 1. The molecule has 0 atom stereocenters. The van der Waals surface area contributed by atoms with E-state index in [1.807, 2.05) is 0 Å². The van der Waals surface area contributed by atoms with Crippen LogP contribution in [0, 0.1) is 0 Å². The highest BCUT2D eigenvalue weighted by Crippen LogP contribution is 2.31. The fourth-order valence-electron chi connectivity index (χ4n) is 2.97. The van der Waals surface area contributed by atoms with Crippen molar-refractivity contribution in [2.45, 2.75) is 23.6 Å². The lowest BCUT2D eigenvalue weighted by atomic mass is 10.1. The highest BCUT2D eigenvalue weighted by Gasteiger charge is 2.21. The number of nitrogens with zero attached hydrogens (tertiary/aromatic N) is 2. The van der Waals surface area contributed by atoms with Gasteiger partial charge < -0.3 is 0 Å². The number of halogens is 2. The molecule has 1 aromatic heterocycles. The van der Waals surface area contributed by atoms with E-state index in [1.54, 1.807) is 26.0 Å². The zero-order valence-corrected chi connectivity index (χ0v) is 18.0. The van der Waals surface area contributed by atoms with Gasteiger partial charge in [-0.25, -0.2) is 13.4 Å². The van der Waals surface area contributed by atoms with E-state index in [-0.39, 0.29) is 9.92 Å². The fraction of sp³-hybridized carbons (Fsp3) is 0.211. The number of benzene rings is 2. The number of rotatable bonds is 6. The Labute approximate surface area is 174 Å². The second-order valence-electron chi connectivity index (χ2n) is 6.22. The molecule has 10 heteroatoms. The summed E-state index contributed by atoms with van der Waals surface area (Å²) in [5.41, 5.74) is 1.50. The molecular weight excluding hydrogens is 439 g/mol. The van der Waals surface area contributed by atoms with E-state index in [0.717, 1.165) is 12.1 Å². The zero-order chi connectivity index (χ0) is 21.4. The van der Waals surface area contributed by atoms with Crippen molar-refractivity contribution < 1.29 is 20.7 Å². The minimum atomic E-state index is -4.85. The summed E-state index contributed by atoms with van der Waals surface area (Å²) >= 11 is 6.26. The van der Waals surface area contributed by atoms with Crippen molar-refractivity contribution in [2.75, 3.05) is 13.1 Å². The molecule has 0 radical (unpaired) electrons. The fourth-order valence-corrected chi connectivity index (χ4v) is 5.18. The maximum Gasteiger partial charge on any atom is 0.332 e. The Kier molecular flexibility index (Phi) is 5.96. The van der Waals surface area contributed by atoms with Crippen LogP contribution in [0.5, 0.6) is 0 Å². The van der Waals surface area contributed by atoms with Gasteiger partial charge in [0, 0.05) is 24.0 Å². The molecule has 29 heavy (non-hydrogen) atoms. The minimum Gasteiger partial charge on any atom is -0.248 e. The Bertz CT molecular complexity index is 1270. The molecule has 0 unspecified atom stereocenters. The summed E-state index contributed by atoms with van der Waals surface area (Å²) in [7, 11) is -8.42. The Balaban J connectivity index is 2.03.